The number of ketones is 1. The normalized spacial score (nSPS) is 11.0. The zero-order chi connectivity index (χ0) is 22.5. The summed E-state index contributed by atoms with van der Waals surface area (Å²) < 4.78 is 1.12. The Morgan fingerprint density at radius 2 is 1.78 bits per heavy atom. The van der Waals surface area contributed by atoms with E-state index < -0.39 is 11.6 Å². The van der Waals surface area contributed by atoms with E-state index in [-0.39, 0.29) is 29.6 Å². The topological polar surface area (TPSA) is 134 Å². The molecule has 0 bridgehead atoms. The van der Waals surface area contributed by atoms with Crippen LogP contribution in [-0.4, -0.2) is 36.6 Å². The van der Waals surface area contributed by atoms with Gasteiger partial charge in [0, 0.05) is 10.7 Å². The van der Waals surface area contributed by atoms with Gasteiger partial charge in [0.2, 0.25) is 0 Å². The van der Waals surface area contributed by atoms with Gasteiger partial charge in [-0.15, -0.1) is 10.2 Å². The molecule has 4 rings (SSSR count). The molecule has 2 aromatic carbocycles. The molecule has 0 saturated heterocycles. The van der Waals surface area contributed by atoms with Crippen LogP contribution in [0.15, 0.2) is 65.5 Å². The van der Waals surface area contributed by atoms with Gasteiger partial charge in [-0.3, -0.25) is 20.0 Å². The summed E-state index contributed by atoms with van der Waals surface area (Å²) in [7, 11) is 0. The number of nitrogens with one attached hydrogen (secondary N) is 3. The molecule has 10 nitrogen and oxygen atoms in total. The van der Waals surface area contributed by atoms with Crippen molar-refractivity contribution in [2.24, 2.45) is 0 Å². The Morgan fingerprint density at radius 1 is 1.03 bits per heavy atom. The Bertz CT molecular complexity index is 1360. The SMILES string of the molecule is O=C(/C=C/c1ccccc1)Cc1nc2nnc(NC(=O)Nc3ccc(Cl)cc3)n2[nH]c1=O. The van der Waals surface area contributed by atoms with Gasteiger partial charge in [-0.05, 0) is 35.9 Å². The fraction of sp³-hybridized carbons (Fsp3) is 0.0476. The van der Waals surface area contributed by atoms with Gasteiger partial charge in [-0.2, -0.15) is 4.52 Å². The third-order valence-electron chi connectivity index (χ3n) is 4.29. The number of nitrogens with zero attached hydrogens (tertiary/aromatic N) is 4. The lowest BCUT2D eigenvalue weighted by atomic mass is 10.1. The van der Waals surface area contributed by atoms with Gasteiger partial charge < -0.3 is 5.32 Å². The van der Waals surface area contributed by atoms with Crippen molar-refractivity contribution in [1.82, 2.24) is 24.8 Å². The van der Waals surface area contributed by atoms with E-state index in [1.165, 1.54) is 6.08 Å². The second-order valence-electron chi connectivity index (χ2n) is 6.63. The Morgan fingerprint density at radius 3 is 2.53 bits per heavy atom. The average molecular weight is 450 g/mol. The number of carbonyl (C=O) groups excluding carboxylic acids is 2. The van der Waals surface area contributed by atoms with Crippen molar-refractivity contribution in [3.8, 4) is 0 Å². The first kappa shape index (κ1) is 20.9. The third-order valence-corrected chi connectivity index (χ3v) is 4.54. The number of allylic oxidation sites excluding steroid dienone is 1. The van der Waals surface area contributed by atoms with Crippen molar-refractivity contribution in [1.29, 1.82) is 0 Å². The van der Waals surface area contributed by atoms with Crippen LogP contribution in [0.1, 0.15) is 11.3 Å². The average Bonchev–Trinajstić information content (AvgIpc) is 3.16. The molecule has 160 valence electrons. The quantitative estimate of drug-likeness (QED) is 0.387. The van der Waals surface area contributed by atoms with Crippen molar-refractivity contribution in [3.05, 3.63) is 87.3 Å². The Kier molecular flexibility index (Phi) is 6.04. The number of hydrogen-bond acceptors (Lipinski definition) is 6. The van der Waals surface area contributed by atoms with Crippen LogP contribution in [0.3, 0.4) is 0 Å². The third kappa shape index (κ3) is 5.05. The minimum Gasteiger partial charge on any atom is -0.308 e. The standard InChI is InChI=1S/C21H16ClN7O3/c22-14-7-9-15(10-8-14)23-21(32)25-20-27-26-19-24-17(18(31)28-29(19)20)12-16(30)11-6-13-4-2-1-3-5-13/h1-11H,12H2,(H,28,31)(H2,23,25,27,32)/b11-6+. The van der Waals surface area contributed by atoms with E-state index in [0.717, 1.165) is 10.1 Å². The van der Waals surface area contributed by atoms with Gasteiger partial charge in [-0.1, -0.05) is 48.0 Å². The summed E-state index contributed by atoms with van der Waals surface area (Å²) >= 11 is 5.82. The van der Waals surface area contributed by atoms with Crippen LogP contribution >= 0.6 is 11.6 Å². The van der Waals surface area contributed by atoms with Crippen molar-refractivity contribution in [2.75, 3.05) is 10.6 Å². The highest BCUT2D eigenvalue weighted by molar-refractivity contribution is 6.30. The van der Waals surface area contributed by atoms with E-state index in [9.17, 15) is 14.4 Å². The summed E-state index contributed by atoms with van der Waals surface area (Å²) in [6.45, 7) is 0. The summed E-state index contributed by atoms with van der Waals surface area (Å²) in [6.07, 6.45) is 2.84. The molecular formula is C21H16ClN7O3. The number of anilines is 2. The molecular weight excluding hydrogens is 434 g/mol. The Labute approximate surface area is 186 Å². The maximum absolute atomic E-state index is 12.4. The summed E-state index contributed by atoms with van der Waals surface area (Å²) in [5.74, 6) is -0.310. The number of benzene rings is 2. The van der Waals surface area contributed by atoms with E-state index >= 15 is 0 Å². The molecule has 0 aliphatic heterocycles. The molecule has 2 amide bonds. The van der Waals surface area contributed by atoms with E-state index in [0.29, 0.717) is 10.7 Å². The molecule has 0 atom stereocenters. The van der Waals surface area contributed by atoms with Gasteiger partial charge in [-0.25, -0.2) is 9.78 Å². The largest absolute Gasteiger partial charge is 0.326 e. The van der Waals surface area contributed by atoms with Crippen LogP contribution < -0.4 is 16.2 Å². The minimum absolute atomic E-state index is 0.00947. The Hall–Kier alpha value is -4.31. The molecule has 0 aliphatic carbocycles. The lowest BCUT2D eigenvalue weighted by molar-refractivity contribution is -0.114. The van der Waals surface area contributed by atoms with Crippen LogP contribution in [0.25, 0.3) is 11.9 Å². The number of hydrogen-bond donors (Lipinski definition) is 3. The summed E-state index contributed by atoms with van der Waals surface area (Å²) in [4.78, 5) is 40.9. The Balaban J connectivity index is 1.46. The van der Waals surface area contributed by atoms with Gasteiger partial charge in [0.05, 0.1) is 6.42 Å². The van der Waals surface area contributed by atoms with Crippen LogP contribution in [0.5, 0.6) is 0 Å². The van der Waals surface area contributed by atoms with Crippen molar-refractivity contribution in [2.45, 2.75) is 6.42 Å². The van der Waals surface area contributed by atoms with Gasteiger partial charge in [0.25, 0.3) is 17.3 Å². The summed E-state index contributed by atoms with van der Waals surface area (Å²) in [6, 6.07) is 15.2. The van der Waals surface area contributed by atoms with Crippen LogP contribution in [0.4, 0.5) is 16.4 Å². The fourth-order valence-corrected chi connectivity index (χ4v) is 2.89. The highest BCUT2D eigenvalue weighted by Gasteiger charge is 2.15. The zero-order valence-electron chi connectivity index (χ0n) is 16.4. The van der Waals surface area contributed by atoms with Crippen LogP contribution in [-0.2, 0) is 11.2 Å². The maximum atomic E-state index is 12.4. The lowest BCUT2D eigenvalue weighted by Crippen LogP contribution is -2.24. The monoisotopic (exact) mass is 449 g/mol. The van der Waals surface area contributed by atoms with Crippen LogP contribution in [0.2, 0.25) is 5.02 Å². The molecule has 0 saturated carbocycles. The predicted molar refractivity (Wildman–Crippen MR) is 120 cm³/mol. The van der Waals surface area contributed by atoms with Crippen LogP contribution in [0, 0.1) is 0 Å². The van der Waals surface area contributed by atoms with E-state index in [1.54, 1.807) is 30.3 Å². The lowest BCUT2D eigenvalue weighted by Gasteiger charge is -2.06. The second-order valence-corrected chi connectivity index (χ2v) is 7.07. The number of amides is 2. The summed E-state index contributed by atoms with van der Waals surface area (Å²) in [5, 5.41) is 15.8. The maximum Gasteiger partial charge on any atom is 0.326 e. The van der Waals surface area contributed by atoms with Gasteiger partial charge in [0.15, 0.2) is 5.78 Å². The smallest absolute Gasteiger partial charge is 0.308 e. The predicted octanol–water partition coefficient (Wildman–Crippen LogP) is 2.93. The second kappa shape index (κ2) is 9.23. The molecule has 0 unspecified atom stereocenters. The minimum atomic E-state index is -0.604. The van der Waals surface area contributed by atoms with E-state index in [1.807, 2.05) is 30.3 Å². The first-order valence-corrected chi connectivity index (χ1v) is 9.79. The number of aromatic amines is 1. The first-order chi connectivity index (χ1) is 15.5. The molecule has 3 N–H and O–H groups in total. The number of carbonyl (C=O) groups is 2. The number of rotatable bonds is 6. The van der Waals surface area contributed by atoms with Crippen molar-refractivity contribution < 1.29 is 9.59 Å². The van der Waals surface area contributed by atoms with Crippen molar-refractivity contribution in [3.63, 3.8) is 0 Å². The van der Waals surface area contributed by atoms with Crippen molar-refractivity contribution >= 4 is 46.9 Å². The molecule has 0 fully saturated rings. The molecule has 4 aromatic rings. The highest BCUT2D eigenvalue weighted by atomic mass is 35.5. The number of H-pyrrole nitrogens is 1. The van der Waals surface area contributed by atoms with E-state index in [4.69, 9.17) is 11.6 Å². The summed E-state index contributed by atoms with van der Waals surface area (Å²) in [5.41, 5.74) is 0.768. The number of fused-ring (bicyclic) bond motifs is 1. The van der Waals surface area contributed by atoms with Gasteiger partial charge >= 0.3 is 6.03 Å². The molecule has 0 radical (unpaired) electrons. The highest BCUT2D eigenvalue weighted by Crippen LogP contribution is 2.14. The first-order valence-electron chi connectivity index (χ1n) is 9.42. The fourth-order valence-electron chi connectivity index (χ4n) is 2.76. The zero-order valence-corrected chi connectivity index (χ0v) is 17.2. The molecule has 32 heavy (non-hydrogen) atoms. The number of aromatic nitrogens is 5. The molecule has 0 spiro atoms. The van der Waals surface area contributed by atoms with Gasteiger partial charge in [0.1, 0.15) is 5.69 Å². The molecule has 0 aliphatic rings. The molecule has 11 heteroatoms. The molecule has 2 heterocycles. The van der Waals surface area contributed by atoms with E-state index in [2.05, 4.69) is 30.9 Å². The number of halogens is 1. The number of urea groups is 1. The molecule has 2 aromatic heterocycles.